The largest absolute Gasteiger partial charge is 0.322 e. The molecule has 2 heterocycles. The Balaban J connectivity index is 1.40. The lowest BCUT2D eigenvalue weighted by Gasteiger charge is -2.05. The standard InChI is InChI=1S/C20H16N4O2S3/c1-12-2-4-13(5-3-12)18(26)22-14-6-7-15-16(10-14)29-20(23-15)28-11-17(25)24-19-21-8-9-27-19/h2-10H,11H2,1H3,(H,22,26)(H,21,24,25). The summed E-state index contributed by atoms with van der Waals surface area (Å²) in [5, 5.41) is 8.07. The molecule has 4 rings (SSSR count). The lowest BCUT2D eigenvalue weighted by molar-refractivity contribution is -0.113. The van der Waals surface area contributed by atoms with E-state index in [2.05, 4.69) is 20.6 Å². The number of rotatable bonds is 6. The number of amides is 2. The van der Waals surface area contributed by atoms with E-state index in [-0.39, 0.29) is 17.6 Å². The molecule has 6 nitrogen and oxygen atoms in total. The maximum Gasteiger partial charge on any atom is 0.255 e. The summed E-state index contributed by atoms with van der Waals surface area (Å²) in [5.41, 5.74) is 3.27. The fraction of sp³-hybridized carbons (Fsp3) is 0.100. The second-order valence-corrected chi connectivity index (χ2v) is 9.30. The van der Waals surface area contributed by atoms with Crippen LogP contribution in [0.1, 0.15) is 15.9 Å². The highest BCUT2D eigenvalue weighted by molar-refractivity contribution is 8.01. The maximum absolute atomic E-state index is 12.4. The molecule has 2 N–H and O–H groups in total. The maximum atomic E-state index is 12.4. The van der Waals surface area contributed by atoms with Gasteiger partial charge in [-0.2, -0.15) is 0 Å². The first kappa shape index (κ1) is 19.6. The van der Waals surface area contributed by atoms with Gasteiger partial charge in [0, 0.05) is 22.8 Å². The summed E-state index contributed by atoms with van der Waals surface area (Å²) in [6.45, 7) is 1.98. The zero-order valence-corrected chi connectivity index (χ0v) is 17.8. The number of aryl methyl sites for hydroxylation is 1. The zero-order valence-electron chi connectivity index (χ0n) is 15.3. The van der Waals surface area contributed by atoms with Gasteiger partial charge < -0.3 is 10.6 Å². The van der Waals surface area contributed by atoms with Crippen LogP contribution in [0.2, 0.25) is 0 Å². The number of carbonyl (C=O) groups excluding carboxylic acids is 2. The van der Waals surface area contributed by atoms with Gasteiger partial charge in [0.25, 0.3) is 5.91 Å². The predicted molar refractivity (Wildman–Crippen MR) is 120 cm³/mol. The van der Waals surface area contributed by atoms with E-state index in [1.165, 1.54) is 34.4 Å². The average Bonchev–Trinajstić information content (AvgIpc) is 3.36. The summed E-state index contributed by atoms with van der Waals surface area (Å²) in [6, 6.07) is 13.0. The van der Waals surface area contributed by atoms with E-state index in [1.54, 1.807) is 18.3 Å². The molecule has 146 valence electrons. The first-order valence-corrected chi connectivity index (χ1v) is 11.4. The molecule has 0 fully saturated rings. The minimum Gasteiger partial charge on any atom is -0.322 e. The first-order valence-electron chi connectivity index (χ1n) is 8.67. The van der Waals surface area contributed by atoms with Crippen LogP contribution in [0.5, 0.6) is 0 Å². The highest BCUT2D eigenvalue weighted by Gasteiger charge is 2.11. The minimum absolute atomic E-state index is 0.116. The predicted octanol–water partition coefficient (Wildman–Crippen LogP) is 5.04. The molecule has 0 aliphatic rings. The molecule has 0 unspecified atom stereocenters. The molecule has 9 heteroatoms. The Bertz CT molecular complexity index is 1150. The van der Waals surface area contributed by atoms with Crippen LogP contribution < -0.4 is 10.6 Å². The highest BCUT2D eigenvalue weighted by Crippen LogP contribution is 2.31. The molecule has 0 bridgehead atoms. The van der Waals surface area contributed by atoms with E-state index < -0.39 is 0 Å². The number of hydrogen-bond donors (Lipinski definition) is 2. The van der Waals surface area contributed by atoms with Crippen LogP contribution in [0, 0.1) is 6.92 Å². The molecule has 29 heavy (non-hydrogen) atoms. The fourth-order valence-corrected chi connectivity index (χ4v) is 4.97. The number of anilines is 2. The van der Waals surface area contributed by atoms with Gasteiger partial charge in [0.15, 0.2) is 9.47 Å². The van der Waals surface area contributed by atoms with Crippen molar-refractivity contribution in [2.24, 2.45) is 0 Å². The minimum atomic E-state index is -0.151. The number of nitrogens with zero attached hydrogens (tertiary/aromatic N) is 2. The van der Waals surface area contributed by atoms with Gasteiger partial charge in [-0.05, 0) is 37.3 Å². The second-order valence-electron chi connectivity index (χ2n) is 6.16. The monoisotopic (exact) mass is 440 g/mol. The number of fused-ring (bicyclic) bond motifs is 1. The third-order valence-corrected chi connectivity index (χ3v) is 6.80. The Kier molecular flexibility index (Phi) is 5.89. The van der Waals surface area contributed by atoms with Crippen molar-refractivity contribution < 1.29 is 9.59 Å². The summed E-state index contributed by atoms with van der Waals surface area (Å²) in [7, 11) is 0. The van der Waals surface area contributed by atoms with Gasteiger partial charge in [-0.25, -0.2) is 9.97 Å². The van der Waals surface area contributed by atoms with E-state index in [4.69, 9.17) is 0 Å². The molecular weight excluding hydrogens is 424 g/mol. The number of carbonyl (C=O) groups is 2. The van der Waals surface area contributed by atoms with Gasteiger partial charge in [-0.3, -0.25) is 9.59 Å². The normalized spacial score (nSPS) is 10.8. The van der Waals surface area contributed by atoms with Crippen LogP contribution in [-0.4, -0.2) is 27.5 Å². The number of thiazole rings is 2. The molecule has 0 aliphatic heterocycles. The third kappa shape index (κ3) is 5.00. The molecule has 2 amide bonds. The molecule has 0 aliphatic carbocycles. The van der Waals surface area contributed by atoms with Crippen LogP contribution in [0.4, 0.5) is 10.8 Å². The third-order valence-electron chi connectivity index (χ3n) is 3.95. The van der Waals surface area contributed by atoms with Gasteiger partial charge in [0.1, 0.15) is 0 Å². The molecule has 0 saturated heterocycles. The fourth-order valence-electron chi connectivity index (χ4n) is 2.52. The molecular formula is C20H16N4O2S3. The Morgan fingerprint density at radius 2 is 1.93 bits per heavy atom. The van der Waals surface area contributed by atoms with Crippen molar-refractivity contribution in [1.82, 2.24) is 9.97 Å². The Labute approximate surface area is 179 Å². The summed E-state index contributed by atoms with van der Waals surface area (Å²) in [4.78, 5) is 33.0. The summed E-state index contributed by atoms with van der Waals surface area (Å²) in [6.07, 6.45) is 1.65. The van der Waals surface area contributed by atoms with E-state index >= 15 is 0 Å². The Hall–Kier alpha value is -2.75. The number of nitrogens with one attached hydrogen (secondary N) is 2. The topological polar surface area (TPSA) is 84.0 Å². The highest BCUT2D eigenvalue weighted by atomic mass is 32.2. The summed E-state index contributed by atoms with van der Waals surface area (Å²) < 4.78 is 1.76. The summed E-state index contributed by atoms with van der Waals surface area (Å²) in [5.74, 6) is -0.00580. The molecule has 0 radical (unpaired) electrons. The smallest absolute Gasteiger partial charge is 0.255 e. The van der Waals surface area contributed by atoms with Crippen molar-refractivity contribution in [3.63, 3.8) is 0 Å². The van der Waals surface area contributed by atoms with Gasteiger partial charge in [-0.15, -0.1) is 22.7 Å². The van der Waals surface area contributed by atoms with Gasteiger partial charge >= 0.3 is 0 Å². The zero-order chi connectivity index (χ0) is 20.2. The number of thioether (sulfide) groups is 1. The SMILES string of the molecule is Cc1ccc(C(=O)Nc2ccc3nc(SCC(=O)Nc4nccs4)sc3c2)cc1. The van der Waals surface area contributed by atoms with E-state index in [0.717, 1.165) is 20.1 Å². The number of aromatic nitrogens is 2. The van der Waals surface area contributed by atoms with Crippen molar-refractivity contribution in [3.05, 3.63) is 65.2 Å². The van der Waals surface area contributed by atoms with Crippen LogP contribution in [0.25, 0.3) is 10.2 Å². The van der Waals surface area contributed by atoms with Crippen molar-refractivity contribution in [3.8, 4) is 0 Å². The van der Waals surface area contributed by atoms with Crippen molar-refractivity contribution in [2.45, 2.75) is 11.3 Å². The Morgan fingerprint density at radius 3 is 2.69 bits per heavy atom. The Morgan fingerprint density at radius 1 is 1.10 bits per heavy atom. The van der Waals surface area contributed by atoms with Crippen molar-refractivity contribution >= 4 is 67.3 Å². The van der Waals surface area contributed by atoms with E-state index in [9.17, 15) is 9.59 Å². The van der Waals surface area contributed by atoms with Gasteiger partial charge in [0.05, 0.1) is 16.0 Å². The summed E-state index contributed by atoms with van der Waals surface area (Å²) >= 11 is 4.26. The van der Waals surface area contributed by atoms with Crippen molar-refractivity contribution in [2.75, 3.05) is 16.4 Å². The quantitative estimate of drug-likeness (QED) is 0.410. The van der Waals surface area contributed by atoms with Crippen LogP contribution in [0.3, 0.4) is 0 Å². The van der Waals surface area contributed by atoms with E-state index in [1.807, 2.05) is 42.6 Å². The first-order chi connectivity index (χ1) is 14.1. The molecule has 0 atom stereocenters. The van der Waals surface area contributed by atoms with Crippen LogP contribution in [0.15, 0.2) is 58.4 Å². The lowest BCUT2D eigenvalue weighted by Crippen LogP contribution is -2.13. The van der Waals surface area contributed by atoms with E-state index in [0.29, 0.717) is 16.4 Å². The van der Waals surface area contributed by atoms with Crippen LogP contribution >= 0.6 is 34.4 Å². The van der Waals surface area contributed by atoms with Gasteiger partial charge in [-0.1, -0.05) is 29.5 Å². The molecule has 0 spiro atoms. The molecule has 0 saturated carbocycles. The number of benzene rings is 2. The molecule has 2 aromatic heterocycles. The average molecular weight is 441 g/mol. The van der Waals surface area contributed by atoms with Crippen molar-refractivity contribution in [1.29, 1.82) is 0 Å². The lowest BCUT2D eigenvalue weighted by atomic mass is 10.1. The van der Waals surface area contributed by atoms with Crippen LogP contribution in [-0.2, 0) is 4.79 Å². The molecule has 4 aromatic rings. The molecule has 2 aromatic carbocycles. The number of hydrogen-bond acceptors (Lipinski definition) is 7. The second kappa shape index (κ2) is 8.73. The van der Waals surface area contributed by atoms with Gasteiger partial charge in [0.2, 0.25) is 5.91 Å².